The van der Waals surface area contributed by atoms with Crippen LogP contribution < -0.4 is 15.8 Å². The van der Waals surface area contributed by atoms with Gasteiger partial charge in [0.05, 0.1) is 4.90 Å². The van der Waals surface area contributed by atoms with Gasteiger partial charge in [-0.15, -0.1) is 0 Å². The summed E-state index contributed by atoms with van der Waals surface area (Å²) in [6.45, 7) is 0.749. The van der Waals surface area contributed by atoms with Crippen LogP contribution in [0, 0.1) is 0 Å². The predicted molar refractivity (Wildman–Crippen MR) is 98.7 cm³/mol. The highest BCUT2D eigenvalue weighted by atomic mass is 32.2. The zero-order chi connectivity index (χ0) is 19.0. The number of amides is 2. The Balaban J connectivity index is 1.67. The lowest BCUT2D eigenvalue weighted by Gasteiger charge is -2.12. The van der Waals surface area contributed by atoms with Crippen molar-refractivity contribution < 1.29 is 18.0 Å². The number of sulfonamides is 1. The molecule has 0 atom stereocenters. The van der Waals surface area contributed by atoms with Crippen molar-refractivity contribution in [3.05, 3.63) is 41.5 Å². The number of benzene rings is 1. The van der Waals surface area contributed by atoms with E-state index in [1.165, 1.54) is 30.5 Å². The number of rotatable bonds is 7. The maximum absolute atomic E-state index is 11.8. The molecule has 7 nitrogen and oxygen atoms in total. The molecule has 4 N–H and O–H groups in total. The third-order valence-corrected chi connectivity index (χ3v) is 5.20. The van der Waals surface area contributed by atoms with Crippen LogP contribution in [0.25, 0.3) is 0 Å². The minimum Gasteiger partial charge on any atom is -0.348 e. The zero-order valence-electron chi connectivity index (χ0n) is 14.7. The first-order valence-electron chi connectivity index (χ1n) is 8.72. The van der Waals surface area contributed by atoms with Gasteiger partial charge in [-0.25, -0.2) is 13.6 Å². The van der Waals surface area contributed by atoms with Gasteiger partial charge in [-0.2, -0.15) is 0 Å². The first kappa shape index (κ1) is 20.1. The van der Waals surface area contributed by atoms with Crippen molar-refractivity contribution in [2.24, 2.45) is 5.14 Å². The molecule has 142 valence electrons. The number of carbonyl (C=O) groups is 2. The lowest BCUT2D eigenvalue weighted by Crippen LogP contribution is -2.41. The molecule has 0 radical (unpaired) electrons. The molecule has 0 saturated heterocycles. The number of carbonyl (C=O) groups excluding carboxylic acids is 2. The van der Waals surface area contributed by atoms with Gasteiger partial charge in [-0.1, -0.05) is 23.8 Å². The lowest BCUT2D eigenvalue weighted by molar-refractivity contribution is -0.139. The van der Waals surface area contributed by atoms with Crippen molar-refractivity contribution in [2.45, 2.75) is 43.4 Å². The van der Waals surface area contributed by atoms with E-state index < -0.39 is 21.8 Å². The first-order chi connectivity index (χ1) is 12.4. The van der Waals surface area contributed by atoms with Crippen LogP contribution in [-0.4, -0.2) is 33.3 Å². The van der Waals surface area contributed by atoms with E-state index in [0.29, 0.717) is 13.0 Å². The van der Waals surface area contributed by atoms with Gasteiger partial charge in [-0.3, -0.25) is 9.59 Å². The zero-order valence-corrected chi connectivity index (χ0v) is 15.5. The Labute approximate surface area is 154 Å². The van der Waals surface area contributed by atoms with Gasteiger partial charge < -0.3 is 10.6 Å². The Hall–Kier alpha value is -2.19. The van der Waals surface area contributed by atoms with E-state index in [9.17, 15) is 18.0 Å². The average Bonchev–Trinajstić information content (AvgIpc) is 2.62. The molecule has 0 heterocycles. The fourth-order valence-corrected chi connectivity index (χ4v) is 3.31. The van der Waals surface area contributed by atoms with Gasteiger partial charge in [-0.05, 0) is 56.2 Å². The van der Waals surface area contributed by atoms with Crippen LogP contribution in [0.3, 0.4) is 0 Å². The number of primary sulfonamides is 1. The van der Waals surface area contributed by atoms with E-state index in [0.717, 1.165) is 24.8 Å². The van der Waals surface area contributed by atoms with Crippen molar-refractivity contribution in [2.75, 3.05) is 13.1 Å². The van der Waals surface area contributed by atoms with E-state index in [1.54, 1.807) is 12.1 Å². The van der Waals surface area contributed by atoms with E-state index in [2.05, 4.69) is 16.7 Å². The highest BCUT2D eigenvalue weighted by Gasteiger charge is 2.13. The van der Waals surface area contributed by atoms with Crippen LogP contribution in [0.2, 0.25) is 0 Å². The molecule has 1 aliphatic rings. The number of nitrogens with one attached hydrogen (secondary N) is 2. The molecule has 2 amide bonds. The van der Waals surface area contributed by atoms with E-state index >= 15 is 0 Å². The van der Waals surface area contributed by atoms with Gasteiger partial charge in [0.2, 0.25) is 10.0 Å². The first-order valence-corrected chi connectivity index (χ1v) is 10.3. The molecule has 8 heteroatoms. The molecular weight excluding hydrogens is 354 g/mol. The van der Waals surface area contributed by atoms with Gasteiger partial charge in [0, 0.05) is 13.1 Å². The minimum absolute atomic E-state index is 0.0396. The molecule has 2 rings (SSSR count). The molecule has 1 aromatic rings. The van der Waals surface area contributed by atoms with Gasteiger partial charge >= 0.3 is 11.8 Å². The average molecular weight is 379 g/mol. The Morgan fingerprint density at radius 2 is 1.58 bits per heavy atom. The fourth-order valence-electron chi connectivity index (χ4n) is 2.80. The summed E-state index contributed by atoms with van der Waals surface area (Å²) in [6.07, 6.45) is 8.08. The maximum atomic E-state index is 11.8. The summed E-state index contributed by atoms with van der Waals surface area (Å²) in [5.41, 5.74) is 2.18. The standard InChI is InChI=1S/C18H25N3O4S/c19-26(24,25)16-8-6-15(7-9-16)11-13-21-18(23)17(22)20-12-10-14-4-2-1-3-5-14/h4,6-9H,1-3,5,10-13H2,(H,20,22)(H,21,23)(H2,19,24,25). The summed E-state index contributed by atoms with van der Waals surface area (Å²) >= 11 is 0. The summed E-state index contributed by atoms with van der Waals surface area (Å²) < 4.78 is 22.4. The minimum atomic E-state index is -3.71. The normalized spacial score (nSPS) is 14.4. The second-order valence-electron chi connectivity index (χ2n) is 6.31. The third kappa shape index (κ3) is 6.61. The topological polar surface area (TPSA) is 118 Å². The molecule has 1 aliphatic carbocycles. The largest absolute Gasteiger partial charge is 0.348 e. The van der Waals surface area contributed by atoms with E-state index in [4.69, 9.17) is 5.14 Å². The second kappa shape index (κ2) is 9.49. The predicted octanol–water partition coefficient (Wildman–Crippen LogP) is 0.999. The van der Waals surface area contributed by atoms with Crippen LogP contribution in [0.1, 0.15) is 37.7 Å². The quantitative estimate of drug-likeness (QED) is 0.484. The molecule has 26 heavy (non-hydrogen) atoms. The third-order valence-electron chi connectivity index (χ3n) is 4.27. The molecule has 0 spiro atoms. The Morgan fingerprint density at radius 1 is 0.962 bits per heavy atom. The van der Waals surface area contributed by atoms with E-state index in [1.807, 2.05) is 0 Å². The smallest absolute Gasteiger partial charge is 0.309 e. The fraction of sp³-hybridized carbons (Fsp3) is 0.444. The Morgan fingerprint density at radius 3 is 2.12 bits per heavy atom. The Kier molecular flexibility index (Phi) is 7.35. The molecule has 0 aliphatic heterocycles. The molecule has 0 bridgehead atoms. The summed E-state index contributed by atoms with van der Waals surface area (Å²) in [7, 11) is -3.71. The summed E-state index contributed by atoms with van der Waals surface area (Å²) in [5, 5.41) is 10.2. The lowest BCUT2D eigenvalue weighted by atomic mass is 9.97. The number of hydrogen-bond acceptors (Lipinski definition) is 4. The number of nitrogens with two attached hydrogens (primary N) is 1. The van der Waals surface area contributed by atoms with Crippen molar-refractivity contribution in [1.29, 1.82) is 0 Å². The van der Waals surface area contributed by atoms with Gasteiger partial charge in [0.15, 0.2) is 0 Å². The van der Waals surface area contributed by atoms with Crippen LogP contribution in [0.4, 0.5) is 0 Å². The molecule has 0 unspecified atom stereocenters. The van der Waals surface area contributed by atoms with Crippen molar-refractivity contribution in [3.8, 4) is 0 Å². The summed E-state index contributed by atoms with van der Waals surface area (Å²) in [6, 6.07) is 6.09. The van der Waals surface area contributed by atoms with E-state index in [-0.39, 0.29) is 11.4 Å². The molecule has 1 aromatic carbocycles. The van der Waals surface area contributed by atoms with Gasteiger partial charge in [0.25, 0.3) is 0 Å². The monoisotopic (exact) mass is 379 g/mol. The second-order valence-corrected chi connectivity index (χ2v) is 7.87. The highest BCUT2D eigenvalue weighted by Crippen LogP contribution is 2.19. The highest BCUT2D eigenvalue weighted by molar-refractivity contribution is 7.89. The molecule has 0 saturated carbocycles. The van der Waals surface area contributed by atoms with Crippen LogP contribution in [-0.2, 0) is 26.0 Å². The van der Waals surface area contributed by atoms with Crippen molar-refractivity contribution in [1.82, 2.24) is 10.6 Å². The van der Waals surface area contributed by atoms with Crippen molar-refractivity contribution >= 4 is 21.8 Å². The van der Waals surface area contributed by atoms with Crippen LogP contribution in [0.5, 0.6) is 0 Å². The molecular formula is C18H25N3O4S. The number of hydrogen-bond donors (Lipinski definition) is 3. The molecule has 0 aromatic heterocycles. The summed E-state index contributed by atoms with van der Waals surface area (Å²) in [4.78, 5) is 23.6. The van der Waals surface area contributed by atoms with Crippen molar-refractivity contribution in [3.63, 3.8) is 0 Å². The number of allylic oxidation sites excluding steroid dienone is 1. The SMILES string of the molecule is NS(=O)(=O)c1ccc(CCNC(=O)C(=O)NCCC2=CCCCC2)cc1. The Bertz CT molecular complexity index is 770. The van der Waals surface area contributed by atoms with Crippen LogP contribution >= 0.6 is 0 Å². The summed E-state index contributed by atoms with van der Waals surface area (Å²) in [5.74, 6) is -1.30. The molecule has 0 fully saturated rings. The van der Waals surface area contributed by atoms with Crippen LogP contribution in [0.15, 0.2) is 40.8 Å². The van der Waals surface area contributed by atoms with Gasteiger partial charge in [0.1, 0.15) is 0 Å². The maximum Gasteiger partial charge on any atom is 0.309 e.